The second-order valence-electron chi connectivity index (χ2n) is 16.6. The van der Waals surface area contributed by atoms with E-state index in [1.807, 2.05) is 36.4 Å². The third kappa shape index (κ3) is 6.81. The van der Waals surface area contributed by atoms with Gasteiger partial charge in [0.05, 0.1) is 0 Å². The average molecular weight is 762 g/mol. The lowest BCUT2D eigenvalue weighted by Crippen LogP contribution is -2.28. The van der Waals surface area contributed by atoms with E-state index in [1.165, 1.54) is 51.8 Å². The third-order valence-corrected chi connectivity index (χ3v) is 12.8. The molecule has 0 bridgehead atoms. The molecule has 0 amide bonds. The molecule has 1 aromatic heterocycles. The summed E-state index contributed by atoms with van der Waals surface area (Å²) >= 11 is 0. The first kappa shape index (κ1) is 36.6. The highest BCUT2D eigenvalue weighted by molar-refractivity contribution is 5.89. The molecule has 0 aliphatic heterocycles. The van der Waals surface area contributed by atoms with E-state index in [2.05, 4.69) is 166 Å². The van der Waals surface area contributed by atoms with Crippen LogP contribution in [0, 0.1) is 11.8 Å². The minimum absolute atomic E-state index is 0.249. The summed E-state index contributed by atoms with van der Waals surface area (Å²) in [6.07, 6.45) is 6.19. The molecule has 3 unspecified atom stereocenters. The van der Waals surface area contributed by atoms with E-state index in [4.69, 9.17) is 15.0 Å². The van der Waals surface area contributed by atoms with Crippen molar-refractivity contribution in [1.29, 1.82) is 0 Å². The van der Waals surface area contributed by atoms with Crippen LogP contribution >= 0.6 is 0 Å². The number of hydrogen-bond donors (Lipinski definition) is 0. The summed E-state index contributed by atoms with van der Waals surface area (Å²) < 4.78 is 0. The van der Waals surface area contributed by atoms with Crippen molar-refractivity contribution in [1.82, 2.24) is 15.0 Å². The predicted octanol–water partition coefficient (Wildman–Crippen LogP) is 14.5. The molecule has 286 valence electrons. The van der Waals surface area contributed by atoms with Gasteiger partial charge in [-0.2, -0.15) is 0 Å². The minimum Gasteiger partial charge on any atom is -0.208 e. The molecule has 3 heteroatoms. The minimum atomic E-state index is -0.249. The summed E-state index contributed by atoms with van der Waals surface area (Å²) in [5.74, 6) is 3.19. The Morgan fingerprint density at radius 3 is 1.51 bits per heavy atom. The Kier molecular flexibility index (Phi) is 9.45. The first-order valence-electron chi connectivity index (χ1n) is 21.1. The number of aromatic nitrogens is 3. The molecule has 1 heterocycles. The fourth-order valence-electron chi connectivity index (χ4n) is 9.62. The second-order valence-corrected chi connectivity index (χ2v) is 16.6. The van der Waals surface area contributed by atoms with Crippen molar-refractivity contribution >= 4 is 0 Å². The van der Waals surface area contributed by atoms with E-state index < -0.39 is 0 Å². The molecule has 2 aliphatic rings. The average Bonchev–Trinajstić information content (AvgIpc) is 3.56. The van der Waals surface area contributed by atoms with Crippen LogP contribution in [0.15, 0.2) is 188 Å². The highest BCUT2D eigenvalue weighted by Gasteiger charge is 2.44. The molecule has 3 nitrogen and oxygen atoms in total. The lowest BCUT2D eigenvalue weighted by atomic mass is 9.66. The summed E-state index contributed by atoms with van der Waals surface area (Å²) in [7, 11) is 0. The van der Waals surface area contributed by atoms with Crippen LogP contribution in [-0.2, 0) is 5.41 Å². The Hall–Kier alpha value is -6.71. The Balaban J connectivity index is 1.17. The fraction of sp³-hybridized carbons (Fsp3) is 0.161. The predicted molar refractivity (Wildman–Crippen MR) is 245 cm³/mol. The summed E-state index contributed by atoms with van der Waals surface area (Å²) in [5, 5.41) is 0. The van der Waals surface area contributed by atoms with E-state index in [9.17, 15) is 0 Å². The lowest BCUT2D eigenvalue weighted by Gasteiger charge is -2.37. The zero-order chi connectivity index (χ0) is 39.9. The van der Waals surface area contributed by atoms with Crippen LogP contribution in [0.4, 0.5) is 0 Å². The molecule has 0 N–H and O–H groups in total. The molecule has 0 radical (unpaired) electrons. The van der Waals surface area contributed by atoms with E-state index >= 15 is 0 Å². The van der Waals surface area contributed by atoms with Gasteiger partial charge >= 0.3 is 0 Å². The Morgan fingerprint density at radius 1 is 0.458 bits per heavy atom. The standard InChI is InChI=1S/C56H47N3/c1-4-38-29-37(2)30-48(31-38)56(3)51-28-26-43(39-17-9-5-10-18-39)35-50(51)49-27-25-44(36-52(49)56)46-32-45(40-19-11-6-12-20-40)33-47(34-46)55-58-53(41-21-13-7-14-22-41)57-54(59-55)42-23-15-8-16-24-42/h5-28,30,32-38H,4,29,31H2,1-3H3. The molecule has 2 aliphatic carbocycles. The van der Waals surface area contributed by atoms with Crippen LogP contribution in [0.1, 0.15) is 51.2 Å². The van der Waals surface area contributed by atoms with Crippen molar-refractivity contribution in [3.8, 4) is 78.7 Å². The van der Waals surface area contributed by atoms with Crippen molar-refractivity contribution in [3.63, 3.8) is 0 Å². The van der Waals surface area contributed by atoms with Crippen molar-refractivity contribution in [2.45, 2.75) is 45.4 Å². The normalized spacial score (nSPS) is 18.2. The first-order valence-corrected chi connectivity index (χ1v) is 21.1. The maximum Gasteiger partial charge on any atom is 0.164 e. The van der Waals surface area contributed by atoms with Gasteiger partial charge in [-0.05, 0) is 118 Å². The Bertz CT molecular complexity index is 2770. The molecule has 7 aromatic carbocycles. The van der Waals surface area contributed by atoms with E-state index in [0.717, 1.165) is 39.8 Å². The van der Waals surface area contributed by atoms with Crippen molar-refractivity contribution in [2.24, 2.45) is 11.8 Å². The molecule has 0 fully saturated rings. The molecule has 0 saturated carbocycles. The van der Waals surface area contributed by atoms with Crippen molar-refractivity contribution in [2.75, 3.05) is 0 Å². The number of allylic oxidation sites excluding steroid dienone is 2. The molecule has 8 aromatic rings. The summed E-state index contributed by atoms with van der Waals surface area (Å²) in [6.45, 7) is 7.26. The first-order chi connectivity index (χ1) is 28.9. The number of rotatable bonds is 8. The van der Waals surface area contributed by atoms with Crippen LogP contribution < -0.4 is 0 Å². The molecule has 0 saturated heterocycles. The maximum absolute atomic E-state index is 5.16. The van der Waals surface area contributed by atoms with Gasteiger partial charge in [0.2, 0.25) is 0 Å². The topological polar surface area (TPSA) is 38.7 Å². The third-order valence-electron chi connectivity index (χ3n) is 12.8. The van der Waals surface area contributed by atoms with Crippen LogP contribution in [0.2, 0.25) is 0 Å². The zero-order valence-corrected chi connectivity index (χ0v) is 33.9. The SMILES string of the molecule is CCC1CC(C2(C)c3ccc(-c4ccccc4)cc3-c3ccc(-c4cc(-c5ccccc5)cc(-c5nc(-c6ccccc6)nc(-c6ccccc6)n5)c4)cc32)=CC(C)C1. The van der Waals surface area contributed by atoms with E-state index in [1.54, 1.807) is 5.57 Å². The van der Waals surface area contributed by atoms with E-state index in [0.29, 0.717) is 29.3 Å². The Labute approximate surface area is 348 Å². The fourth-order valence-corrected chi connectivity index (χ4v) is 9.62. The quantitative estimate of drug-likeness (QED) is 0.145. The maximum atomic E-state index is 5.16. The van der Waals surface area contributed by atoms with Gasteiger partial charge in [-0.1, -0.05) is 178 Å². The highest BCUT2D eigenvalue weighted by atomic mass is 15.0. The smallest absolute Gasteiger partial charge is 0.164 e. The van der Waals surface area contributed by atoms with Gasteiger partial charge in [-0.25, -0.2) is 15.0 Å². The molecule has 10 rings (SSSR count). The van der Waals surface area contributed by atoms with Crippen LogP contribution in [0.5, 0.6) is 0 Å². The molecule has 0 spiro atoms. The van der Waals surface area contributed by atoms with Gasteiger partial charge in [0.1, 0.15) is 0 Å². The largest absolute Gasteiger partial charge is 0.208 e. The molecular formula is C56H47N3. The van der Waals surface area contributed by atoms with E-state index in [-0.39, 0.29) is 5.41 Å². The van der Waals surface area contributed by atoms with Gasteiger partial charge in [0, 0.05) is 22.1 Å². The highest BCUT2D eigenvalue weighted by Crippen LogP contribution is 2.56. The number of nitrogens with zero attached hydrogens (tertiary/aromatic N) is 3. The molecule has 59 heavy (non-hydrogen) atoms. The number of fused-ring (bicyclic) bond motifs is 3. The second kappa shape index (κ2) is 15.2. The summed E-state index contributed by atoms with van der Waals surface area (Å²) in [6, 6.07) is 63.1. The van der Waals surface area contributed by atoms with Gasteiger partial charge < -0.3 is 0 Å². The van der Waals surface area contributed by atoms with Gasteiger partial charge in [-0.15, -0.1) is 0 Å². The van der Waals surface area contributed by atoms with Crippen LogP contribution in [0.25, 0.3) is 78.7 Å². The van der Waals surface area contributed by atoms with Crippen LogP contribution in [-0.4, -0.2) is 15.0 Å². The van der Waals surface area contributed by atoms with Crippen molar-refractivity contribution in [3.05, 3.63) is 199 Å². The number of benzene rings is 7. The van der Waals surface area contributed by atoms with Gasteiger partial charge in [0.15, 0.2) is 17.5 Å². The lowest BCUT2D eigenvalue weighted by molar-refractivity contribution is 0.373. The zero-order valence-electron chi connectivity index (χ0n) is 33.9. The monoisotopic (exact) mass is 761 g/mol. The number of hydrogen-bond acceptors (Lipinski definition) is 3. The summed E-state index contributed by atoms with van der Waals surface area (Å²) in [4.78, 5) is 15.3. The van der Waals surface area contributed by atoms with Gasteiger partial charge in [-0.3, -0.25) is 0 Å². The molecular weight excluding hydrogens is 715 g/mol. The van der Waals surface area contributed by atoms with Crippen molar-refractivity contribution < 1.29 is 0 Å². The Morgan fingerprint density at radius 2 is 0.932 bits per heavy atom. The summed E-state index contributed by atoms with van der Waals surface area (Å²) in [5.41, 5.74) is 16.7. The van der Waals surface area contributed by atoms with Crippen LogP contribution in [0.3, 0.4) is 0 Å². The molecule has 3 atom stereocenters. The van der Waals surface area contributed by atoms with Gasteiger partial charge in [0.25, 0.3) is 0 Å².